The summed E-state index contributed by atoms with van der Waals surface area (Å²) in [5.74, 6) is 0.0432. The standard InChI is InChI=1S/C12H16BrIN2O/c1-8(15)3-2-4-12(17)16-11-7-9(13)5-6-10(11)14/h5-8H,2-4,15H2,1H3,(H,16,17). The topological polar surface area (TPSA) is 55.1 Å². The third-order valence-electron chi connectivity index (χ3n) is 2.27. The zero-order valence-electron chi connectivity index (χ0n) is 9.67. The first kappa shape index (κ1) is 14.9. The van der Waals surface area contributed by atoms with Crippen molar-refractivity contribution in [3.05, 3.63) is 26.2 Å². The van der Waals surface area contributed by atoms with Crippen molar-refractivity contribution in [1.29, 1.82) is 0 Å². The van der Waals surface area contributed by atoms with Gasteiger partial charge < -0.3 is 11.1 Å². The van der Waals surface area contributed by atoms with E-state index in [1.165, 1.54) is 0 Å². The van der Waals surface area contributed by atoms with Gasteiger partial charge in [0.2, 0.25) is 5.91 Å². The molecule has 1 atom stereocenters. The number of carbonyl (C=O) groups is 1. The summed E-state index contributed by atoms with van der Waals surface area (Å²) in [6, 6.07) is 5.98. The highest BCUT2D eigenvalue weighted by molar-refractivity contribution is 14.1. The molecule has 1 unspecified atom stereocenters. The van der Waals surface area contributed by atoms with Gasteiger partial charge >= 0.3 is 0 Å². The maximum Gasteiger partial charge on any atom is 0.224 e. The average Bonchev–Trinajstić information content (AvgIpc) is 2.23. The van der Waals surface area contributed by atoms with E-state index in [0.29, 0.717) is 6.42 Å². The Labute approximate surface area is 124 Å². The number of anilines is 1. The fraction of sp³-hybridized carbons (Fsp3) is 0.417. The summed E-state index contributed by atoms with van der Waals surface area (Å²) in [5, 5.41) is 2.91. The minimum absolute atomic E-state index is 0.0432. The molecule has 94 valence electrons. The van der Waals surface area contributed by atoms with Crippen molar-refractivity contribution in [1.82, 2.24) is 0 Å². The zero-order valence-corrected chi connectivity index (χ0v) is 13.4. The van der Waals surface area contributed by atoms with Crippen LogP contribution < -0.4 is 11.1 Å². The van der Waals surface area contributed by atoms with Crippen molar-refractivity contribution in [3.63, 3.8) is 0 Å². The van der Waals surface area contributed by atoms with Gasteiger partial charge in [-0.25, -0.2) is 0 Å². The van der Waals surface area contributed by atoms with Crippen LogP contribution in [0.15, 0.2) is 22.7 Å². The Hall–Kier alpha value is -0.140. The molecule has 0 aliphatic carbocycles. The van der Waals surface area contributed by atoms with Crippen LogP contribution in [0.2, 0.25) is 0 Å². The molecule has 0 radical (unpaired) electrons. The van der Waals surface area contributed by atoms with Gasteiger partial charge in [-0.1, -0.05) is 15.9 Å². The Balaban J connectivity index is 2.47. The first-order valence-corrected chi connectivity index (χ1v) is 7.36. The lowest BCUT2D eigenvalue weighted by Gasteiger charge is -2.08. The summed E-state index contributed by atoms with van der Waals surface area (Å²) in [6.45, 7) is 1.95. The molecule has 0 aliphatic heterocycles. The molecule has 0 fully saturated rings. The second-order valence-corrected chi connectivity index (χ2v) is 6.12. The highest BCUT2D eigenvalue weighted by atomic mass is 127. The van der Waals surface area contributed by atoms with Gasteiger partial charge in [0.1, 0.15) is 0 Å². The van der Waals surface area contributed by atoms with Crippen molar-refractivity contribution >= 4 is 50.1 Å². The highest BCUT2D eigenvalue weighted by Crippen LogP contribution is 2.23. The van der Waals surface area contributed by atoms with E-state index in [9.17, 15) is 4.79 Å². The SMILES string of the molecule is CC(N)CCCC(=O)Nc1cc(Br)ccc1I. The summed E-state index contributed by atoms with van der Waals surface area (Å²) in [6.07, 6.45) is 2.22. The summed E-state index contributed by atoms with van der Waals surface area (Å²) in [5.41, 5.74) is 6.49. The highest BCUT2D eigenvalue weighted by Gasteiger charge is 2.06. The quantitative estimate of drug-likeness (QED) is 0.729. The largest absolute Gasteiger partial charge is 0.328 e. The normalized spacial score (nSPS) is 12.2. The number of benzene rings is 1. The minimum Gasteiger partial charge on any atom is -0.328 e. The van der Waals surface area contributed by atoms with Gasteiger partial charge in [0, 0.05) is 20.5 Å². The predicted octanol–water partition coefficient (Wildman–Crippen LogP) is 3.51. The molecule has 0 spiro atoms. The monoisotopic (exact) mass is 410 g/mol. The Kier molecular flexibility index (Phi) is 6.43. The van der Waals surface area contributed by atoms with E-state index in [0.717, 1.165) is 26.6 Å². The molecule has 0 aliphatic rings. The first-order chi connectivity index (χ1) is 7.99. The van der Waals surface area contributed by atoms with Crippen molar-refractivity contribution in [2.45, 2.75) is 32.2 Å². The number of carbonyl (C=O) groups excluding carboxylic acids is 1. The lowest BCUT2D eigenvalue weighted by molar-refractivity contribution is -0.116. The number of nitrogens with two attached hydrogens (primary N) is 1. The molecule has 5 heteroatoms. The van der Waals surface area contributed by atoms with Crippen LogP contribution in [0.25, 0.3) is 0 Å². The van der Waals surface area contributed by atoms with E-state index in [-0.39, 0.29) is 11.9 Å². The molecule has 1 aromatic rings. The molecule has 1 rings (SSSR count). The Morgan fingerprint density at radius 2 is 2.29 bits per heavy atom. The van der Waals surface area contributed by atoms with E-state index in [1.54, 1.807) is 0 Å². The van der Waals surface area contributed by atoms with Crippen LogP contribution in [0, 0.1) is 3.57 Å². The van der Waals surface area contributed by atoms with Crippen molar-refractivity contribution in [3.8, 4) is 0 Å². The number of hydrogen-bond donors (Lipinski definition) is 2. The molecule has 0 bridgehead atoms. The van der Waals surface area contributed by atoms with E-state index in [4.69, 9.17) is 5.73 Å². The van der Waals surface area contributed by atoms with Crippen LogP contribution in [0.4, 0.5) is 5.69 Å². The summed E-state index contributed by atoms with van der Waals surface area (Å²) >= 11 is 5.59. The summed E-state index contributed by atoms with van der Waals surface area (Å²) in [7, 11) is 0. The smallest absolute Gasteiger partial charge is 0.224 e. The van der Waals surface area contributed by atoms with Gasteiger partial charge in [-0.3, -0.25) is 4.79 Å². The van der Waals surface area contributed by atoms with Crippen molar-refractivity contribution in [2.24, 2.45) is 5.73 Å². The Morgan fingerprint density at radius 3 is 2.94 bits per heavy atom. The lowest BCUT2D eigenvalue weighted by Crippen LogP contribution is -2.17. The first-order valence-electron chi connectivity index (χ1n) is 5.49. The van der Waals surface area contributed by atoms with Gasteiger partial charge in [-0.2, -0.15) is 0 Å². The Bertz CT molecular complexity index is 396. The molecule has 1 aromatic carbocycles. The third-order valence-corrected chi connectivity index (χ3v) is 3.70. The molecule has 3 nitrogen and oxygen atoms in total. The predicted molar refractivity (Wildman–Crippen MR) is 83.0 cm³/mol. The number of hydrogen-bond acceptors (Lipinski definition) is 2. The number of amides is 1. The lowest BCUT2D eigenvalue weighted by atomic mass is 10.1. The van der Waals surface area contributed by atoms with E-state index in [1.807, 2.05) is 25.1 Å². The van der Waals surface area contributed by atoms with Crippen LogP contribution in [0.3, 0.4) is 0 Å². The van der Waals surface area contributed by atoms with Gasteiger partial charge in [-0.05, 0) is 60.6 Å². The van der Waals surface area contributed by atoms with E-state index in [2.05, 4.69) is 43.8 Å². The Morgan fingerprint density at radius 1 is 1.59 bits per heavy atom. The number of rotatable bonds is 5. The van der Waals surface area contributed by atoms with Crippen LogP contribution in [-0.2, 0) is 4.79 Å². The molecule has 0 saturated heterocycles. The van der Waals surface area contributed by atoms with Gasteiger partial charge in [0.25, 0.3) is 0 Å². The second-order valence-electron chi connectivity index (χ2n) is 4.04. The molecule has 17 heavy (non-hydrogen) atoms. The summed E-state index contributed by atoms with van der Waals surface area (Å²) in [4.78, 5) is 11.7. The van der Waals surface area contributed by atoms with Gasteiger partial charge in [0.05, 0.1) is 5.69 Å². The minimum atomic E-state index is 0.0432. The maximum absolute atomic E-state index is 11.7. The van der Waals surface area contributed by atoms with Crippen molar-refractivity contribution in [2.75, 3.05) is 5.32 Å². The average molecular weight is 411 g/mol. The fourth-order valence-electron chi connectivity index (χ4n) is 1.39. The molecule has 0 heterocycles. The van der Waals surface area contributed by atoms with Crippen molar-refractivity contribution < 1.29 is 4.79 Å². The zero-order chi connectivity index (χ0) is 12.8. The molecule has 3 N–H and O–H groups in total. The summed E-state index contributed by atoms with van der Waals surface area (Å²) < 4.78 is 2.00. The van der Waals surface area contributed by atoms with Gasteiger partial charge in [0.15, 0.2) is 0 Å². The number of nitrogens with one attached hydrogen (secondary N) is 1. The maximum atomic E-state index is 11.7. The molecular formula is C12H16BrIN2O. The van der Waals surface area contributed by atoms with Crippen LogP contribution in [0.1, 0.15) is 26.2 Å². The number of halogens is 2. The van der Waals surface area contributed by atoms with Crippen LogP contribution >= 0.6 is 38.5 Å². The van der Waals surface area contributed by atoms with Gasteiger partial charge in [-0.15, -0.1) is 0 Å². The molecule has 1 amide bonds. The second kappa shape index (κ2) is 7.33. The molecule has 0 aromatic heterocycles. The van der Waals surface area contributed by atoms with Crippen LogP contribution in [0.5, 0.6) is 0 Å². The van der Waals surface area contributed by atoms with E-state index < -0.39 is 0 Å². The molecule has 0 saturated carbocycles. The van der Waals surface area contributed by atoms with Crippen LogP contribution in [-0.4, -0.2) is 11.9 Å². The fourth-order valence-corrected chi connectivity index (χ4v) is 2.22. The molecular weight excluding hydrogens is 395 g/mol. The third kappa shape index (κ3) is 5.83. The van der Waals surface area contributed by atoms with E-state index >= 15 is 0 Å².